The van der Waals surface area contributed by atoms with E-state index in [0.29, 0.717) is 31.1 Å². The van der Waals surface area contributed by atoms with Crippen LogP contribution in [-0.4, -0.2) is 146 Å². The topological polar surface area (TPSA) is 217 Å². The van der Waals surface area contributed by atoms with Crippen molar-refractivity contribution in [2.45, 2.75) is 170 Å². The summed E-state index contributed by atoms with van der Waals surface area (Å²) in [6, 6.07) is 0. The van der Waals surface area contributed by atoms with Crippen LogP contribution in [0.2, 0.25) is 0 Å². The predicted octanol–water partition coefficient (Wildman–Crippen LogP) is 0.477. The van der Waals surface area contributed by atoms with Gasteiger partial charge in [0.2, 0.25) is 0 Å². The normalized spacial score (nSPS) is 58.0. The molecule has 4 aliphatic carbocycles. The van der Waals surface area contributed by atoms with Crippen molar-refractivity contribution in [3.05, 3.63) is 11.6 Å². The van der Waals surface area contributed by atoms with Crippen LogP contribution in [0.15, 0.2) is 11.6 Å². The van der Waals surface area contributed by atoms with E-state index < -0.39 is 86.0 Å². The maximum Gasteiger partial charge on any atom is 0.187 e. The zero-order valence-electron chi connectivity index (χ0n) is 31.4. The average molecular weight is 755 g/mol. The molecule has 1 spiro atoms. The minimum Gasteiger partial charge on any atom is -0.394 e. The molecule has 7 fully saturated rings. The summed E-state index contributed by atoms with van der Waals surface area (Å²) in [5.41, 5.74) is 0.0452. The van der Waals surface area contributed by atoms with E-state index in [9.17, 15) is 40.9 Å². The van der Waals surface area contributed by atoms with Crippen LogP contribution < -0.4 is 0 Å². The minimum absolute atomic E-state index is 0.0169. The van der Waals surface area contributed by atoms with Crippen LogP contribution in [0.25, 0.3) is 0 Å². The first-order valence-corrected chi connectivity index (χ1v) is 20.1. The molecule has 302 valence electrons. The fraction of sp³-hybridized carbons (Fsp3) is 0.949. The molecule has 21 atom stereocenters. The second-order valence-corrected chi connectivity index (χ2v) is 18.4. The molecule has 0 bridgehead atoms. The Bertz CT molecular complexity index is 1370. The minimum atomic E-state index is -1.73. The second-order valence-electron chi connectivity index (χ2n) is 18.4. The molecule has 0 radical (unpaired) electrons. The lowest BCUT2D eigenvalue weighted by Crippen LogP contribution is -2.65. The Morgan fingerprint density at radius 3 is 2.19 bits per heavy atom. The Kier molecular flexibility index (Phi) is 10.3. The van der Waals surface area contributed by atoms with Gasteiger partial charge >= 0.3 is 0 Å². The first-order chi connectivity index (χ1) is 25.1. The predicted molar refractivity (Wildman–Crippen MR) is 184 cm³/mol. The third kappa shape index (κ3) is 5.87. The van der Waals surface area contributed by atoms with Gasteiger partial charge in [-0.25, -0.2) is 0 Å². The highest BCUT2D eigenvalue weighted by Gasteiger charge is 2.74. The summed E-state index contributed by atoms with van der Waals surface area (Å²) in [5, 5.41) is 85.6. The molecule has 8 aliphatic rings. The number of aliphatic hydroxyl groups excluding tert-OH is 7. The van der Waals surface area contributed by atoms with Crippen LogP contribution in [-0.2, 0) is 28.4 Å². The van der Waals surface area contributed by atoms with Gasteiger partial charge in [-0.1, -0.05) is 39.3 Å². The second kappa shape index (κ2) is 13.9. The SMILES string of the molecule is CC1CC[C@@]2(OC1)OC1C[C@@]3(O)C4CC=C5C[C@@H](O[C@H]6O[C@H](CO)[C@H](O[C@H]7O[C@H](CO)[C@@H](O)[C@H](O)[C@H]7O)[C@H](O)[C@H]6O)CC[C@]5(C)C4CC[C@]3(C)[C@H]1[C@@H]2C. The van der Waals surface area contributed by atoms with E-state index in [-0.39, 0.29) is 40.8 Å². The first kappa shape index (κ1) is 39.0. The highest BCUT2D eigenvalue weighted by Crippen LogP contribution is 2.72. The molecule has 53 heavy (non-hydrogen) atoms. The molecule has 0 amide bonds. The highest BCUT2D eigenvalue weighted by molar-refractivity contribution is 5.29. The molecule has 14 heteroatoms. The van der Waals surface area contributed by atoms with E-state index in [4.69, 9.17) is 28.4 Å². The fourth-order valence-corrected chi connectivity index (χ4v) is 12.6. The maximum atomic E-state index is 12.9. The lowest BCUT2D eigenvalue weighted by molar-refractivity contribution is -0.363. The van der Waals surface area contributed by atoms with Gasteiger partial charge in [0.15, 0.2) is 18.4 Å². The summed E-state index contributed by atoms with van der Waals surface area (Å²) in [5.74, 6) is 0.869. The van der Waals surface area contributed by atoms with Gasteiger partial charge in [-0.2, -0.15) is 0 Å². The zero-order valence-corrected chi connectivity index (χ0v) is 31.4. The fourth-order valence-electron chi connectivity index (χ4n) is 12.6. The van der Waals surface area contributed by atoms with Crippen molar-refractivity contribution in [1.82, 2.24) is 0 Å². The monoisotopic (exact) mass is 754 g/mol. The number of hydrogen-bond donors (Lipinski definition) is 8. The Morgan fingerprint density at radius 2 is 1.49 bits per heavy atom. The molecular formula is C39H62O14. The molecule has 0 aromatic carbocycles. The molecule has 4 aliphatic heterocycles. The Morgan fingerprint density at radius 1 is 0.792 bits per heavy atom. The Hall–Kier alpha value is -0.820. The van der Waals surface area contributed by atoms with E-state index in [1.165, 1.54) is 5.57 Å². The molecule has 0 aromatic heterocycles. The van der Waals surface area contributed by atoms with Gasteiger partial charge in [0.1, 0.15) is 48.8 Å². The van der Waals surface area contributed by atoms with Gasteiger partial charge in [-0.3, -0.25) is 0 Å². The standard InChI is InChI=1S/C39H62O14/c1-18-7-12-39(48-17-18)19(2)27-24(53-39)14-38(47)23-6-5-20-13-21(8-10-36(20,3)22(23)9-11-37(27,38)4)49-34-32(46)30(44)33(26(16-41)51-34)52-35-31(45)29(43)28(42)25(15-40)50-35/h5,18-19,21-35,40-47H,6-17H2,1-4H3/t18?,19-,21-,22?,23?,24?,25+,26+,27-,28+,29-,30+,31+,32+,33-,34-,35+,36-,37+,38+,39+/m0/s1. The summed E-state index contributed by atoms with van der Waals surface area (Å²) in [7, 11) is 0. The molecule has 0 aromatic rings. The molecule has 4 heterocycles. The third-order valence-electron chi connectivity index (χ3n) is 15.8. The van der Waals surface area contributed by atoms with E-state index in [1.807, 2.05) is 0 Å². The third-order valence-corrected chi connectivity index (χ3v) is 15.8. The first-order valence-electron chi connectivity index (χ1n) is 20.1. The summed E-state index contributed by atoms with van der Waals surface area (Å²) < 4.78 is 36.7. The summed E-state index contributed by atoms with van der Waals surface area (Å²) in [6.07, 6.45) is -5.48. The van der Waals surface area contributed by atoms with Crippen LogP contribution >= 0.6 is 0 Å². The van der Waals surface area contributed by atoms with E-state index >= 15 is 0 Å². The van der Waals surface area contributed by atoms with Crippen molar-refractivity contribution in [3.63, 3.8) is 0 Å². The zero-order chi connectivity index (χ0) is 37.8. The van der Waals surface area contributed by atoms with Crippen LogP contribution in [0, 0.1) is 40.4 Å². The van der Waals surface area contributed by atoms with Crippen molar-refractivity contribution in [1.29, 1.82) is 0 Å². The molecule has 3 saturated carbocycles. The van der Waals surface area contributed by atoms with E-state index in [2.05, 4.69) is 33.8 Å². The Labute approximate surface area is 311 Å². The molecule has 4 unspecified atom stereocenters. The van der Waals surface area contributed by atoms with Crippen molar-refractivity contribution in [2.75, 3.05) is 19.8 Å². The van der Waals surface area contributed by atoms with E-state index in [0.717, 1.165) is 45.1 Å². The average Bonchev–Trinajstić information content (AvgIpc) is 3.54. The number of aliphatic hydroxyl groups is 8. The van der Waals surface area contributed by atoms with Gasteiger partial charge in [-0.15, -0.1) is 0 Å². The van der Waals surface area contributed by atoms with Crippen LogP contribution in [0.5, 0.6) is 0 Å². The lowest BCUT2D eigenvalue weighted by atomic mass is 9.45. The van der Waals surface area contributed by atoms with Gasteiger partial charge in [0.05, 0.1) is 37.6 Å². The largest absolute Gasteiger partial charge is 0.394 e. The summed E-state index contributed by atoms with van der Waals surface area (Å²) in [6.45, 7) is 8.59. The smallest absolute Gasteiger partial charge is 0.187 e. The van der Waals surface area contributed by atoms with Gasteiger partial charge in [0.25, 0.3) is 0 Å². The van der Waals surface area contributed by atoms with Crippen molar-refractivity contribution in [2.24, 2.45) is 40.4 Å². The lowest BCUT2D eigenvalue weighted by Gasteiger charge is -2.62. The molecule has 8 N–H and O–H groups in total. The summed E-state index contributed by atoms with van der Waals surface area (Å²) >= 11 is 0. The van der Waals surface area contributed by atoms with Gasteiger partial charge < -0.3 is 69.3 Å². The number of allylic oxidation sites excluding steroid dienone is 1. The van der Waals surface area contributed by atoms with E-state index in [1.54, 1.807) is 0 Å². The quantitative estimate of drug-likeness (QED) is 0.173. The molecule has 4 saturated heterocycles. The van der Waals surface area contributed by atoms with Gasteiger partial charge in [0, 0.05) is 30.1 Å². The highest BCUT2D eigenvalue weighted by atomic mass is 16.7. The van der Waals surface area contributed by atoms with Crippen LogP contribution in [0.1, 0.15) is 85.5 Å². The molecular weight excluding hydrogens is 692 g/mol. The maximum absolute atomic E-state index is 12.9. The summed E-state index contributed by atoms with van der Waals surface area (Å²) in [4.78, 5) is 0. The van der Waals surface area contributed by atoms with Crippen LogP contribution in [0.3, 0.4) is 0 Å². The number of ether oxygens (including phenoxy) is 6. The van der Waals surface area contributed by atoms with Crippen molar-refractivity contribution >= 4 is 0 Å². The molecule has 8 rings (SSSR count). The number of fused-ring (bicyclic) bond motifs is 7. The Balaban J connectivity index is 0.929. The number of hydrogen-bond acceptors (Lipinski definition) is 14. The number of rotatable bonds is 6. The van der Waals surface area contributed by atoms with Gasteiger partial charge in [-0.05, 0) is 68.1 Å². The van der Waals surface area contributed by atoms with Crippen LogP contribution in [0.4, 0.5) is 0 Å². The van der Waals surface area contributed by atoms with Crippen molar-refractivity contribution < 1.29 is 69.3 Å². The van der Waals surface area contributed by atoms with Crippen molar-refractivity contribution in [3.8, 4) is 0 Å². The molecule has 14 nitrogen and oxygen atoms in total.